The molecule has 1 aliphatic rings. The number of likely N-dealkylation sites (N-methyl/N-ethyl adjacent to an activating group) is 1. The predicted octanol–water partition coefficient (Wildman–Crippen LogP) is 0.709. The van der Waals surface area contributed by atoms with Gasteiger partial charge < -0.3 is 16.8 Å². The van der Waals surface area contributed by atoms with E-state index < -0.39 is 22.7 Å². The largest absolute Gasteiger partial charge is 0.368 e. The molecule has 2 amide bonds. The second kappa shape index (κ2) is 6.16. The maximum Gasteiger partial charge on any atom is 0.314 e. The Bertz CT molecular complexity index is 1060. The number of nitrogens with two attached hydrogens (primary N) is 2. The van der Waals surface area contributed by atoms with Gasteiger partial charge in [0.25, 0.3) is 5.56 Å². The van der Waals surface area contributed by atoms with Crippen LogP contribution in [-0.2, 0) is 12.7 Å². The predicted molar refractivity (Wildman–Crippen MR) is 102 cm³/mol. The van der Waals surface area contributed by atoms with Gasteiger partial charge in [-0.3, -0.25) is 9.36 Å². The third-order valence-corrected chi connectivity index (χ3v) is 4.87. The van der Waals surface area contributed by atoms with Crippen molar-refractivity contribution in [2.24, 2.45) is 18.2 Å². The Kier molecular flexibility index (Phi) is 4.30. The molecular formula is C17H23FN8O2. The Morgan fingerprint density at radius 3 is 2.54 bits per heavy atom. The first kappa shape index (κ1) is 19.5. The number of primary amides is 1. The SMILES string of the molecule is CN1N(F)C=C(C(C)(C)C)C1(NC(N)=O)c1cc2cnc(N)nc2n(C)c1=O. The second-order valence-electron chi connectivity index (χ2n) is 7.73. The fourth-order valence-electron chi connectivity index (χ4n) is 3.57. The van der Waals surface area contributed by atoms with Gasteiger partial charge in [0.15, 0.2) is 5.66 Å². The summed E-state index contributed by atoms with van der Waals surface area (Å²) in [6.07, 6.45) is 2.69. The number of carbonyl (C=O) groups excluding carboxylic acids is 1. The molecule has 11 heteroatoms. The highest BCUT2D eigenvalue weighted by molar-refractivity contribution is 5.78. The van der Waals surface area contributed by atoms with Crippen molar-refractivity contribution in [1.29, 1.82) is 0 Å². The summed E-state index contributed by atoms with van der Waals surface area (Å²) in [4.78, 5) is 33.2. The Balaban J connectivity index is 2.43. The maximum atomic E-state index is 14.7. The van der Waals surface area contributed by atoms with Crippen LogP contribution < -0.4 is 22.3 Å². The van der Waals surface area contributed by atoms with E-state index in [4.69, 9.17) is 11.5 Å². The molecular weight excluding hydrogens is 367 g/mol. The number of hydrazine groups is 1. The van der Waals surface area contributed by atoms with Crippen molar-refractivity contribution >= 4 is 23.0 Å². The van der Waals surface area contributed by atoms with E-state index in [0.717, 1.165) is 5.01 Å². The maximum absolute atomic E-state index is 14.7. The first-order chi connectivity index (χ1) is 12.9. The molecule has 0 saturated carbocycles. The first-order valence-corrected chi connectivity index (χ1v) is 8.51. The molecule has 28 heavy (non-hydrogen) atoms. The highest BCUT2D eigenvalue weighted by Crippen LogP contribution is 2.46. The summed E-state index contributed by atoms with van der Waals surface area (Å²) in [5.41, 5.74) is 9.17. The molecule has 0 aromatic carbocycles. The van der Waals surface area contributed by atoms with Crippen molar-refractivity contribution in [3.63, 3.8) is 0 Å². The lowest BCUT2D eigenvalue weighted by molar-refractivity contribution is -0.149. The molecule has 150 valence electrons. The van der Waals surface area contributed by atoms with E-state index in [1.54, 1.807) is 0 Å². The molecule has 10 nitrogen and oxygen atoms in total. The van der Waals surface area contributed by atoms with Crippen molar-refractivity contribution in [2.75, 3.05) is 12.8 Å². The molecule has 1 atom stereocenters. The average Bonchev–Trinajstić information content (AvgIpc) is 2.83. The average molecular weight is 390 g/mol. The van der Waals surface area contributed by atoms with E-state index in [9.17, 15) is 14.1 Å². The number of aromatic nitrogens is 3. The lowest BCUT2D eigenvalue weighted by Gasteiger charge is -2.42. The fourth-order valence-corrected chi connectivity index (χ4v) is 3.57. The van der Waals surface area contributed by atoms with Crippen LogP contribution in [-0.4, -0.2) is 37.9 Å². The number of hydrogen-bond donors (Lipinski definition) is 3. The third kappa shape index (κ3) is 2.74. The van der Waals surface area contributed by atoms with Gasteiger partial charge >= 0.3 is 6.03 Å². The molecule has 0 saturated heterocycles. The lowest BCUT2D eigenvalue weighted by atomic mass is 9.76. The molecule has 0 radical (unpaired) electrons. The molecule has 1 unspecified atom stereocenters. The van der Waals surface area contributed by atoms with Crippen LogP contribution in [0.15, 0.2) is 28.8 Å². The summed E-state index contributed by atoms with van der Waals surface area (Å²) in [6.45, 7) is 5.54. The standard InChI is InChI=1S/C17H23FN8O2/c1-16(2,3)11-8-26(18)25(5)17(11,23-15(20)28)10-6-9-7-21-14(19)22-12(9)24(4)13(10)27/h6-8H,1-5H3,(H2,19,21,22)(H3,20,23,28). The van der Waals surface area contributed by atoms with Crippen molar-refractivity contribution in [2.45, 2.75) is 26.4 Å². The minimum absolute atomic E-state index is 0.0171. The van der Waals surface area contributed by atoms with Gasteiger partial charge in [-0.25, -0.2) is 9.78 Å². The number of nitrogens with one attached hydrogen (secondary N) is 1. The van der Waals surface area contributed by atoms with Crippen molar-refractivity contribution in [3.8, 4) is 0 Å². The van der Waals surface area contributed by atoms with E-state index >= 15 is 0 Å². The normalized spacial score (nSPS) is 20.5. The van der Waals surface area contributed by atoms with Gasteiger partial charge in [-0.05, 0) is 11.5 Å². The number of halogens is 1. The molecule has 2 aromatic heterocycles. The second-order valence-corrected chi connectivity index (χ2v) is 7.73. The first-order valence-electron chi connectivity index (χ1n) is 8.51. The zero-order valence-electron chi connectivity index (χ0n) is 16.3. The van der Waals surface area contributed by atoms with Gasteiger partial charge in [-0.2, -0.15) is 9.99 Å². The number of aryl methyl sites for hydroxylation is 1. The summed E-state index contributed by atoms with van der Waals surface area (Å²) in [5.74, 6) is 0.0171. The minimum atomic E-state index is -1.64. The van der Waals surface area contributed by atoms with Gasteiger partial charge in [0, 0.05) is 31.3 Å². The zero-order valence-corrected chi connectivity index (χ0v) is 16.3. The van der Waals surface area contributed by atoms with Gasteiger partial charge in [0.05, 0.1) is 11.8 Å². The van der Waals surface area contributed by atoms with E-state index in [1.807, 2.05) is 20.8 Å². The van der Waals surface area contributed by atoms with Gasteiger partial charge in [0.1, 0.15) is 5.65 Å². The van der Waals surface area contributed by atoms with Gasteiger partial charge in [0.2, 0.25) is 5.95 Å². The number of carbonyl (C=O) groups is 1. The number of hydrogen-bond acceptors (Lipinski definition) is 7. The fraction of sp³-hybridized carbons (Fsp3) is 0.412. The number of urea groups is 1. The zero-order chi connectivity index (χ0) is 21.0. The number of pyridine rings is 1. The van der Waals surface area contributed by atoms with Crippen LogP contribution in [0, 0.1) is 5.41 Å². The van der Waals surface area contributed by atoms with Crippen LogP contribution in [0.5, 0.6) is 0 Å². The Hall–Kier alpha value is -3.21. The quantitative estimate of drug-likeness (QED) is 0.643. The van der Waals surface area contributed by atoms with Gasteiger partial charge in [-0.1, -0.05) is 25.3 Å². The molecule has 0 fully saturated rings. The van der Waals surface area contributed by atoms with E-state index in [1.165, 1.54) is 37.1 Å². The Morgan fingerprint density at radius 1 is 1.32 bits per heavy atom. The topological polar surface area (TPSA) is 135 Å². The van der Waals surface area contributed by atoms with E-state index in [2.05, 4.69) is 15.3 Å². The van der Waals surface area contributed by atoms with Crippen LogP contribution in [0.25, 0.3) is 11.0 Å². The van der Waals surface area contributed by atoms with Crippen molar-refractivity contribution in [1.82, 2.24) is 30.1 Å². The number of nitrogens with zero attached hydrogens (tertiary/aromatic N) is 5. The van der Waals surface area contributed by atoms with Crippen LogP contribution >= 0.6 is 0 Å². The number of amides is 2. The van der Waals surface area contributed by atoms with Crippen molar-refractivity contribution < 1.29 is 9.28 Å². The molecule has 0 spiro atoms. The number of anilines is 1. The van der Waals surface area contributed by atoms with E-state index in [-0.39, 0.29) is 11.5 Å². The summed E-state index contributed by atoms with van der Waals surface area (Å²) in [6, 6.07) is 0.607. The van der Waals surface area contributed by atoms with Crippen LogP contribution in [0.2, 0.25) is 0 Å². The van der Waals surface area contributed by atoms with Crippen LogP contribution in [0.3, 0.4) is 0 Å². The highest BCUT2D eigenvalue weighted by Gasteiger charge is 2.54. The molecule has 0 aliphatic carbocycles. The molecule has 3 rings (SSSR count). The molecule has 0 bridgehead atoms. The molecule has 2 aromatic rings. The van der Waals surface area contributed by atoms with E-state index in [0.29, 0.717) is 21.8 Å². The van der Waals surface area contributed by atoms with Crippen LogP contribution in [0.4, 0.5) is 15.2 Å². The Labute approximate surface area is 160 Å². The number of nitrogen functional groups attached to an aromatic ring is 1. The summed E-state index contributed by atoms with van der Waals surface area (Å²) >= 11 is 0. The summed E-state index contributed by atoms with van der Waals surface area (Å²) in [5, 5.41) is 4.51. The molecule has 3 heterocycles. The Morgan fingerprint density at radius 2 is 1.96 bits per heavy atom. The van der Waals surface area contributed by atoms with Crippen molar-refractivity contribution in [3.05, 3.63) is 40.0 Å². The molecule has 1 aliphatic heterocycles. The minimum Gasteiger partial charge on any atom is -0.368 e. The lowest BCUT2D eigenvalue weighted by Crippen LogP contribution is -2.61. The summed E-state index contributed by atoms with van der Waals surface area (Å²) in [7, 11) is 2.93. The monoisotopic (exact) mass is 390 g/mol. The number of fused-ring (bicyclic) bond motifs is 1. The highest BCUT2D eigenvalue weighted by atomic mass is 19.2. The van der Waals surface area contributed by atoms with Crippen LogP contribution in [0.1, 0.15) is 26.3 Å². The molecule has 5 N–H and O–H groups in total. The number of rotatable bonds is 2. The van der Waals surface area contributed by atoms with Gasteiger partial charge in [-0.15, -0.1) is 5.23 Å². The summed E-state index contributed by atoms with van der Waals surface area (Å²) < 4.78 is 15.9. The smallest absolute Gasteiger partial charge is 0.314 e. The third-order valence-electron chi connectivity index (χ3n) is 4.87.